The van der Waals surface area contributed by atoms with E-state index < -0.39 is 0 Å². The monoisotopic (exact) mass is 419 g/mol. The summed E-state index contributed by atoms with van der Waals surface area (Å²) >= 11 is 0. The van der Waals surface area contributed by atoms with Gasteiger partial charge >= 0.3 is 5.97 Å². The second-order valence-corrected chi connectivity index (χ2v) is 8.27. The molecule has 2 heterocycles. The molecule has 0 aliphatic carbocycles. The Labute approximate surface area is 178 Å². The summed E-state index contributed by atoms with van der Waals surface area (Å²) in [6.45, 7) is 8.86. The van der Waals surface area contributed by atoms with E-state index in [1.807, 2.05) is 19.1 Å². The van der Waals surface area contributed by atoms with E-state index in [9.17, 15) is 14.9 Å². The quantitative estimate of drug-likeness (QED) is 0.363. The van der Waals surface area contributed by atoms with Gasteiger partial charge in [0.2, 0.25) is 0 Å². The fourth-order valence-electron chi connectivity index (χ4n) is 4.29. The number of piperidine rings is 2. The highest BCUT2D eigenvalue weighted by Crippen LogP contribution is 2.28. The van der Waals surface area contributed by atoms with Crippen LogP contribution in [0.1, 0.15) is 38.2 Å². The number of aryl methyl sites for hydroxylation is 1. The number of hydrogen-bond donors (Lipinski definition) is 0. The molecule has 0 radical (unpaired) electrons. The minimum absolute atomic E-state index is 0.146. The normalized spacial score (nSPS) is 19.1. The average Bonchev–Trinajstić information content (AvgIpc) is 2.73. The molecule has 166 valence electrons. The van der Waals surface area contributed by atoms with Gasteiger partial charge in [0.05, 0.1) is 24.2 Å². The number of rotatable bonds is 8. The fourth-order valence-corrected chi connectivity index (χ4v) is 4.29. The lowest BCUT2D eigenvalue weighted by Crippen LogP contribution is -2.41. The van der Waals surface area contributed by atoms with Crippen LogP contribution < -0.4 is 4.90 Å². The van der Waals surface area contributed by atoms with Crippen LogP contribution in [0.25, 0.3) is 0 Å². The van der Waals surface area contributed by atoms with Crippen LogP contribution in [0, 0.1) is 23.0 Å². The number of carbonyl (C=O) groups is 1. The van der Waals surface area contributed by atoms with Gasteiger partial charge in [0.25, 0.3) is 5.69 Å². The third kappa shape index (κ3) is 6.15. The van der Waals surface area contributed by atoms with Gasteiger partial charge in [-0.15, -0.1) is 0 Å². The maximum Gasteiger partial charge on any atom is 0.320 e. The molecular weight excluding hydrogens is 386 g/mol. The van der Waals surface area contributed by atoms with Crippen LogP contribution in [0.3, 0.4) is 0 Å². The number of ether oxygens (including phenoxy) is 2. The summed E-state index contributed by atoms with van der Waals surface area (Å²) in [6.07, 6.45) is 4.33. The lowest BCUT2D eigenvalue weighted by atomic mass is 9.96. The first-order valence-corrected chi connectivity index (χ1v) is 11.0. The third-order valence-electron chi connectivity index (χ3n) is 6.12. The van der Waals surface area contributed by atoms with E-state index in [1.54, 1.807) is 13.0 Å². The average molecular weight is 420 g/mol. The Kier molecular flexibility index (Phi) is 8.04. The van der Waals surface area contributed by atoms with Crippen molar-refractivity contribution in [2.45, 2.75) is 45.6 Å². The minimum atomic E-state index is -0.329. The number of likely N-dealkylation sites (tertiary alicyclic amines) is 1. The van der Waals surface area contributed by atoms with E-state index in [1.165, 1.54) is 0 Å². The Morgan fingerprint density at radius 3 is 2.47 bits per heavy atom. The fraction of sp³-hybridized carbons (Fsp3) is 0.682. The summed E-state index contributed by atoms with van der Waals surface area (Å²) in [7, 11) is 0. The topological polar surface area (TPSA) is 85.1 Å². The molecule has 0 spiro atoms. The van der Waals surface area contributed by atoms with Crippen LogP contribution in [-0.2, 0) is 14.3 Å². The summed E-state index contributed by atoms with van der Waals surface area (Å²) in [4.78, 5) is 26.7. The van der Waals surface area contributed by atoms with Crippen molar-refractivity contribution in [3.8, 4) is 0 Å². The van der Waals surface area contributed by atoms with Crippen LogP contribution in [0.15, 0.2) is 18.2 Å². The van der Waals surface area contributed by atoms with Crippen molar-refractivity contribution in [1.82, 2.24) is 4.90 Å². The number of carbonyl (C=O) groups excluding carboxylic acids is 1. The zero-order valence-electron chi connectivity index (χ0n) is 18.0. The number of nitrogens with zero attached hydrogens (tertiary/aromatic N) is 3. The number of hydrogen-bond acceptors (Lipinski definition) is 7. The molecule has 0 bridgehead atoms. The Bertz CT molecular complexity index is 725. The van der Waals surface area contributed by atoms with Gasteiger partial charge in [-0.3, -0.25) is 19.8 Å². The van der Waals surface area contributed by atoms with Crippen molar-refractivity contribution in [1.29, 1.82) is 0 Å². The van der Waals surface area contributed by atoms with E-state index in [0.29, 0.717) is 24.6 Å². The first kappa shape index (κ1) is 22.5. The van der Waals surface area contributed by atoms with Crippen LogP contribution >= 0.6 is 0 Å². The Morgan fingerprint density at radius 1 is 1.17 bits per heavy atom. The summed E-state index contributed by atoms with van der Waals surface area (Å²) < 4.78 is 11.2. The lowest BCUT2D eigenvalue weighted by molar-refractivity contribution is -0.385. The highest BCUT2D eigenvalue weighted by molar-refractivity contribution is 5.71. The van der Waals surface area contributed by atoms with E-state index in [4.69, 9.17) is 9.47 Å². The first-order chi connectivity index (χ1) is 14.5. The van der Waals surface area contributed by atoms with Gasteiger partial charge < -0.3 is 14.4 Å². The zero-order valence-corrected chi connectivity index (χ0v) is 18.0. The number of anilines is 1. The number of benzene rings is 1. The molecule has 0 aromatic heterocycles. The van der Waals surface area contributed by atoms with Crippen molar-refractivity contribution >= 4 is 17.3 Å². The van der Waals surface area contributed by atoms with E-state index in [-0.39, 0.29) is 22.7 Å². The maximum absolute atomic E-state index is 11.6. The molecule has 2 aliphatic rings. The predicted molar refractivity (Wildman–Crippen MR) is 115 cm³/mol. The molecule has 3 rings (SSSR count). The maximum atomic E-state index is 11.6. The van der Waals surface area contributed by atoms with Crippen molar-refractivity contribution < 1.29 is 19.2 Å². The molecule has 0 saturated carbocycles. The molecular formula is C22H33N3O5. The van der Waals surface area contributed by atoms with E-state index >= 15 is 0 Å². The lowest BCUT2D eigenvalue weighted by Gasteiger charge is -2.35. The standard InChI is InChI=1S/C22H33N3O5/c1-3-29-22(26)15-23-10-8-20(9-11-23)30-16-18-6-12-24(13-7-18)19-4-5-21(25(27)28)17(2)14-19/h4-5,14,18,20H,3,6-13,15-16H2,1-2H3. The van der Waals surface area contributed by atoms with Gasteiger partial charge in [-0.2, -0.15) is 0 Å². The first-order valence-electron chi connectivity index (χ1n) is 11.0. The van der Waals surface area contributed by atoms with Crippen LogP contribution in [0.2, 0.25) is 0 Å². The molecule has 1 aromatic carbocycles. The van der Waals surface area contributed by atoms with Gasteiger partial charge in [-0.25, -0.2) is 0 Å². The molecule has 1 aromatic rings. The van der Waals surface area contributed by atoms with Crippen molar-refractivity contribution in [2.75, 3.05) is 50.8 Å². The largest absolute Gasteiger partial charge is 0.465 e. The van der Waals surface area contributed by atoms with Crippen molar-refractivity contribution in [3.63, 3.8) is 0 Å². The highest BCUT2D eigenvalue weighted by Gasteiger charge is 2.25. The summed E-state index contributed by atoms with van der Waals surface area (Å²) in [5.41, 5.74) is 1.94. The Hall–Kier alpha value is -2.19. The molecule has 2 saturated heterocycles. The van der Waals surface area contributed by atoms with Crippen LogP contribution in [-0.4, -0.2) is 67.8 Å². The number of nitro groups is 1. The minimum Gasteiger partial charge on any atom is -0.465 e. The SMILES string of the molecule is CCOC(=O)CN1CCC(OCC2CCN(c3ccc([N+](=O)[O-])c(C)c3)CC2)CC1. The molecule has 8 heteroatoms. The second kappa shape index (κ2) is 10.7. The predicted octanol–water partition coefficient (Wildman–Crippen LogP) is 3.16. The molecule has 2 fully saturated rings. The second-order valence-electron chi connectivity index (χ2n) is 8.27. The Morgan fingerprint density at radius 2 is 1.87 bits per heavy atom. The summed E-state index contributed by atoms with van der Waals surface area (Å²) in [5.74, 6) is 0.407. The van der Waals surface area contributed by atoms with Gasteiger partial charge in [0, 0.05) is 50.1 Å². The number of esters is 1. The van der Waals surface area contributed by atoms with Crippen LogP contribution in [0.5, 0.6) is 0 Å². The Balaban J connectivity index is 1.36. The van der Waals surface area contributed by atoms with Crippen LogP contribution in [0.4, 0.5) is 11.4 Å². The molecule has 0 atom stereocenters. The zero-order chi connectivity index (χ0) is 21.5. The molecule has 0 N–H and O–H groups in total. The third-order valence-corrected chi connectivity index (χ3v) is 6.12. The van der Waals surface area contributed by atoms with Crippen molar-refractivity contribution in [3.05, 3.63) is 33.9 Å². The molecule has 30 heavy (non-hydrogen) atoms. The molecule has 0 amide bonds. The summed E-state index contributed by atoms with van der Waals surface area (Å²) in [5, 5.41) is 11.0. The van der Waals surface area contributed by atoms with Gasteiger partial charge in [0.1, 0.15) is 0 Å². The number of nitro benzene ring substituents is 1. The molecule has 8 nitrogen and oxygen atoms in total. The smallest absolute Gasteiger partial charge is 0.320 e. The highest BCUT2D eigenvalue weighted by atomic mass is 16.6. The van der Waals surface area contributed by atoms with Gasteiger partial charge in [-0.05, 0) is 57.6 Å². The van der Waals surface area contributed by atoms with E-state index in [2.05, 4.69) is 9.80 Å². The van der Waals surface area contributed by atoms with Gasteiger partial charge in [-0.1, -0.05) is 0 Å². The van der Waals surface area contributed by atoms with Gasteiger partial charge in [0.15, 0.2) is 0 Å². The summed E-state index contributed by atoms with van der Waals surface area (Å²) in [6, 6.07) is 5.37. The molecule has 0 unspecified atom stereocenters. The van der Waals surface area contributed by atoms with E-state index in [0.717, 1.165) is 64.2 Å². The molecule has 2 aliphatic heterocycles. The van der Waals surface area contributed by atoms with Crippen molar-refractivity contribution in [2.24, 2.45) is 5.92 Å².